The summed E-state index contributed by atoms with van der Waals surface area (Å²) in [6.07, 6.45) is -4.15. The van der Waals surface area contributed by atoms with Gasteiger partial charge in [0.25, 0.3) is 0 Å². The smallest absolute Gasteiger partial charge is 0.310 e. The van der Waals surface area contributed by atoms with E-state index in [2.05, 4.69) is 9.97 Å². The Morgan fingerprint density at radius 1 is 0.897 bits per heavy atom. The molecule has 146 valence electrons. The molecule has 0 saturated heterocycles. The summed E-state index contributed by atoms with van der Waals surface area (Å²) in [6, 6.07) is 18.5. The van der Waals surface area contributed by atoms with Gasteiger partial charge in [-0.2, -0.15) is 13.2 Å². The van der Waals surface area contributed by atoms with E-state index in [0.717, 1.165) is 28.5 Å². The van der Waals surface area contributed by atoms with Gasteiger partial charge in [0.2, 0.25) is 0 Å². The third kappa shape index (κ3) is 3.86. The van der Waals surface area contributed by atoms with Gasteiger partial charge in [0, 0.05) is 17.7 Å². The molecule has 1 heterocycles. The van der Waals surface area contributed by atoms with Crippen LogP contribution in [0.2, 0.25) is 0 Å². The standard InChI is InChI=1S/C22H15F3N2OS/c23-22(24,25)16-9-4-8-15(11-16)19-18(26-21(28)27-20(19)29)12-14-7-3-6-13-5-1-2-10-17(13)14/h1-11H,12H2,(H2,26,27,28,29). The van der Waals surface area contributed by atoms with Crippen molar-refractivity contribution in [3.8, 4) is 11.1 Å². The Hall–Kier alpha value is -3.19. The minimum atomic E-state index is -4.47. The Morgan fingerprint density at radius 3 is 2.41 bits per heavy atom. The molecule has 0 aliphatic carbocycles. The fourth-order valence-electron chi connectivity index (χ4n) is 3.46. The van der Waals surface area contributed by atoms with Crippen LogP contribution in [0, 0.1) is 4.64 Å². The van der Waals surface area contributed by atoms with Crippen molar-refractivity contribution in [2.24, 2.45) is 0 Å². The monoisotopic (exact) mass is 412 g/mol. The fourth-order valence-corrected chi connectivity index (χ4v) is 3.79. The van der Waals surface area contributed by atoms with E-state index in [1.807, 2.05) is 42.5 Å². The molecule has 0 saturated carbocycles. The molecule has 4 rings (SSSR count). The molecule has 7 heteroatoms. The number of hydrogen-bond acceptors (Lipinski definition) is 2. The molecule has 0 bridgehead atoms. The number of aromatic amines is 2. The van der Waals surface area contributed by atoms with Gasteiger partial charge >= 0.3 is 11.9 Å². The highest BCUT2D eigenvalue weighted by atomic mass is 32.1. The van der Waals surface area contributed by atoms with E-state index in [0.29, 0.717) is 23.2 Å². The normalized spacial score (nSPS) is 11.7. The maximum atomic E-state index is 13.2. The van der Waals surface area contributed by atoms with E-state index in [1.165, 1.54) is 6.07 Å². The zero-order valence-corrected chi connectivity index (χ0v) is 15.8. The van der Waals surface area contributed by atoms with Crippen LogP contribution in [0.3, 0.4) is 0 Å². The lowest BCUT2D eigenvalue weighted by Gasteiger charge is -2.13. The van der Waals surface area contributed by atoms with Crippen LogP contribution in [0.1, 0.15) is 16.8 Å². The van der Waals surface area contributed by atoms with Crippen molar-refractivity contribution in [3.05, 3.63) is 98.7 Å². The lowest BCUT2D eigenvalue weighted by atomic mass is 9.96. The van der Waals surface area contributed by atoms with E-state index in [1.54, 1.807) is 6.07 Å². The van der Waals surface area contributed by atoms with Crippen LogP contribution >= 0.6 is 12.2 Å². The molecule has 3 aromatic carbocycles. The summed E-state index contributed by atoms with van der Waals surface area (Å²) >= 11 is 5.30. The van der Waals surface area contributed by atoms with Crippen LogP contribution in [-0.2, 0) is 12.6 Å². The average Bonchev–Trinajstić information content (AvgIpc) is 2.67. The van der Waals surface area contributed by atoms with Crippen molar-refractivity contribution < 1.29 is 13.2 Å². The summed E-state index contributed by atoms with van der Waals surface area (Å²) < 4.78 is 39.6. The summed E-state index contributed by atoms with van der Waals surface area (Å²) in [5.41, 5.74) is 0.820. The molecule has 1 aromatic heterocycles. The second kappa shape index (κ2) is 7.33. The van der Waals surface area contributed by atoms with Crippen molar-refractivity contribution in [2.45, 2.75) is 12.6 Å². The first-order valence-electron chi connectivity index (χ1n) is 8.83. The minimum Gasteiger partial charge on any atom is -0.310 e. The van der Waals surface area contributed by atoms with Gasteiger partial charge in [0.15, 0.2) is 0 Å². The Balaban J connectivity index is 1.90. The molecule has 3 nitrogen and oxygen atoms in total. The quantitative estimate of drug-likeness (QED) is 0.414. The zero-order chi connectivity index (χ0) is 20.6. The third-order valence-corrected chi connectivity index (χ3v) is 5.05. The summed E-state index contributed by atoms with van der Waals surface area (Å²) in [6.45, 7) is 0. The van der Waals surface area contributed by atoms with Gasteiger partial charge in [-0.15, -0.1) is 0 Å². The highest BCUT2D eigenvalue weighted by Crippen LogP contribution is 2.33. The van der Waals surface area contributed by atoms with E-state index >= 15 is 0 Å². The van der Waals surface area contributed by atoms with Gasteiger partial charge < -0.3 is 4.98 Å². The van der Waals surface area contributed by atoms with E-state index < -0.39 is 17.4 Å². The van der Waals surface area contributed by atoms with Gasteiger partial charge in [-0.1, -0.05) is 66.8 Å². The molecular formula is C22H15F3N2OS. The van der Waals surface area contributed by atoms with Crippen molar-refractivity contribution in [1.82, 2.24) is 9.97 Å². The Morgan fingerprint density at radius 2 is 1.62 bits per heavy atom. The maximum absolute atomic E-state index is 13.2. The number of aromatic nitrogens is 2. The molecular weight excluding hydrogens is 397 g/mol. The Kier molecular flexibility index (Phi) is 4.84. The number of alkyl halides is 3. The Labute approximate surface area is 168 Å². The number of fused-ring (bicyclic) bond motifs is 1. The molecule has 2 N–H and O–H groups in total. The second-order valence-electron chi connectivity index (χ2n) is 6.66. The van der Waals surface area contributed by atoms with Gasteiger partial charge in [-0.3, -0.25) is 4.98 Å². The van der Waals surface area contributed by atoms with Crippen LogP contribution in [0.25, 0.3) is 21.9 Å². The van der Waals surface area contributed by atoms with Crippen LogP contribution in [0.5, 0.6) is 0 Å². The molecule has 0 aliphatic heterocycles. The average molecular weight is 412 g/mol. The molecule has 0 atom stereocenters. The lowest BCUT2D eigenvalue weighted by Crippen LogP contribution is -2.15. The first-order valence-corrected chi connectivity index (χ1v) is 9.23. The molecule has 0 fully saturated rings. The maximum Gasteiger partial charge on any atom is 0.416 e. The van der Waals surface area contributed by atoms with Gasteiger partial charge in [0.05, 0.1) is 5.56 Å². The van der Waals surface area contributed by atoms with Crippen molar-refractivity contribution >= 4 is 23.0 Å². The Bertz CT molecular complexity index is 1320. The fraction of sp³-hybridized carbons (Fsp3) is 0.0909. The van der Waals surface area contributed by atoms with Crippen LogP contribution in [0.15, 0.2) is 71.5 Å². The number of halogens is 3. The SMILES string of the molecule is O=c1[nH]c(Cc2cccc3ccccc23)c(-c2cccc(C(F)(F)F)c2)c(=S)[nH]1. The molecule has 0 radical (unpaired) electrons. The lowest BCUT2D eigenvalue weighted by molar-refractivity contribution is -0.137. The summed E-state index contributed by atoms with van der Waals surface area (Å²) in [5, 5.41) is 2.04. The number of benzene rings is 3. The molecule has 0 spiro atoms. The summed E-state index contributed by atoms with van der Waals surface area (Å²) in [7, 11) is 0. The predicted molar refractivity (Wildman–Crippen MR) is 109 cm³/mol. The van der Waals surface area contributed by atoms with Gasteiger partial charge in [-0.25, -0.2) is 4.79 Å². The molecule has 29 heavy (non-hydrogen) atoms. The van der Waals surface area contributed by atoms with Crippen molar-refractivity contribution in [2.75, 3.05) is 0 Å². The molecule has 0 aliphatic rings. The number of rotatable bonds is 3. The third-order valence-electron chi connectivity index (χ3n) is 4.75. The van der Waals surface area contributed by atoms with Gasteiger partial charge in [0.1, 0.15) is 4.64 Å². The molecule has 0 unspecified atom stereocenters. The largest absolute Gasteiger partial charge is 0.416 e. The highest BCUT2D eigenvalue weighted by molar-refractivity contribution is 7.71. The van der Waals surface area contributed by atoms with Crippen LogP contribution < -0.4 is 5.69 Å². The van der Waals surface area contributed by atoms with Crippen LogP contribution in [0.4, 0.5) is 13.2 Å². The van der Waals surface area contributed by atoms with E-state index in [4.69, 9.17) is 12.2 Å². The predicted octanol–water partition coefficient (Wildman–Crippen LogP) is 5.86. The highest BCUT2D eigenvalue weighted by Gasteiger charge is 2.30. The first kappa shape index (κ1) is 19.1. The number of H-pyrrole nitrogens is 2. The van der Waals surface area contributed by atoms with E-state index in [9.17, 15) is 18.0 Å². The number of nitrogens with one attached hydrogen (secondary N) is 2. The topological polar surface area (TPSA) is 48.6 Å². The second-order valence-corrected chi connectivity index (χ2v) is 7.06. The van der Waals surface area contributed by atoms with E-state index in [-0.39, 0.29) is 4.64 Å². The van der Waals surface area contributed by atoms with Crippen molar-refractivity contribution in [1.29, 1.82) is 0 Å². The minimum absolute atomic E-state index is 0.100. The molecule has 4 aromatic rings. The number of hydrogen-bond donors (Lipinski definition) is 2. The zero-order valence-electron chi connectivity index (χ0n) is 15.0. The van der Waals surface area contributed by atoms with Gasteiger partial charge in [-0.05, 0) is 34.0 Å². The first-order chi connectivity index (χ1) is 13.8. The van der Waals surface area contributed by atoms with Crippen molar-refractivity contribution in [3.63, 3.8) is 0 Å². The molecule has 0 amide bonds. The summed E-state index contributed by atoms with van der Waals surface area (Å²) in [5.74, 6) is 0. The summed E-state index contributed by atoms with van der Waals surface area (Å²) in [4.78, 5) is 17.2. The van der Waals surface area contributed by atoms with Crippen LogP contribution in [-0.4, -0.2) is 9.97 Å².